The molecule has 96 valence electrons. The Labute approximate surface area is 122 Å². The first-order valence-electron chi connectivity index (χ1n) is 6.13. The van der Waals surface area contributed by atoms with Crippen molar-refractivity contribution in [3.05, 3.63) is 69.8 Å². The average Bonchev–Trinajstić information content (AvgIpc) is 2.75. The summed E-state index contributed by atoms with van der Waals surface area (Å²) in [6.07, 6.45) is 2.07. The fourth-order valence-electron chi connectivity index (χ4n) is 2.26. The number of rotatable bonds is 2. The molecule has 0 N–H and O–H groups in total. The second-order valence-electron chi connectivity index (χ2n) is 4.74. The van der Waals surface area contributed by atoms with Crippen molar-refractivity contribution in [2.24, 2.45) is 0 Å². The Hall–Kier alpha value is -1.44. The van der Waals surface area contributed by atoms with Crippen LogP contribution in [0.25, 0.3) is 10.9 Å². The maximum atomic E-state index is 6.29. The third kappa shape index (κ3) is 2.49. The summed E-state index contributed by atoms with van der Waals surface area (Å²) in [6, 6.07) is 14.2. The molecule has 1 aromatic heterocycles. The van der Waals surface area contributed by atoms with E-state index in [0.717, 1.165) is 27.7 Å². The molecule has 0 spiro atoms. The topological polar surface area (TPSA) is 4.93 Å². The van der Waals surface area contributed by atoms with Gasteiger partial charge in [-0.05, 0) is 47.7 Å². The summed E-state index contributed by atoms with van der Waals surface area (Å²) in [4.78, 5) is 0. The number of halogens is 2. The van der Waals surface area contributed by atoms with E-state index in [2.05, 4.69) is 29.0 Å². The molecule has 2 aromatic carbocycles. The quantitative estimate of drug-likeness (QED) is 0.603. The van der Waals surface area contributed by atoms with Crippen LogP contribution in [0.1, 0.15) is 11.1 Å². The molecule has 0 saturated carbocycles. The molecule has 0 bridgehead atoms. The molecule has 0 amide bonds. The molecule has 1 nitrogen and oxygen atoms in total. The standard InChI is InChI=1S/C16H13Cl2N/c1-11-2-3-13(15(18)8-11)10-19-7-6-12-4-5-14(17)9-16(12)19/h2-9H,10H2,1H3. The van der Waals surface area contributed by atoms with Crippen LogP contribution in [0.5, 0.6) is 0 Å². The van der Waals surface area contributed by atoms with Crippen LogP contribution in [0.4, 0.5) is 0 Å². The van der Waals surface area contributed by atoms with Gasteiger partial charge in [0.15, 0.2) is 0 Å². The zero-order valence-electron chi connectivity index (χ0n) is 10.5. The Balaban J connectivity index is 2.03. The SMILES string of the molecule is Cc1ccc(Cn2ccc3ccc(Cl)cc32)c(Cl)c1. The second kappa shape index (κ2) is 4.92. The molecule has 0 atom stereocenters. The lowest BCUT2D eigenvalue weighted by Gasteiger charge is -2.08. The minimum atomic E-state index is 0.752. The molecule has 3 heteroatoms. The molecule has 3 rings (SSSR count). The van der Waals surface area contributed by atoms with Crippen LogP contribution in [0.3, 0.4) is 0 Å². The predicted molar refractivity (Wildman–Crippen MR) is 82.2 cm³/mol. The van der Waals surface area contributed by atoms with Gasteiger partial charge < -0.3 is 4.57 Å². The third-order valence-corrected chi connectivity index (χ3v) is 3.87. The van der Waals surface area contributed by atoms with Crippen molar-refractivity contribution in [1.29, 1.82) is 0 Å². The summed E-state index contributed by atoms with van der Waals surface area (Å²) in [5.74, 6) is 0. The Kier molecular flexibility index (Phi) is 3.26. The molecular formula is C16H13Cl2N. The van der Waals surface area contributed by atoms with E-state index >= 15 is 0 Å². The van der Waals surface area contributed by atoms with Crippen LogP contribution in [0.15, 0.2) is 48.7 Å². The zero-order valence-corrected chi connectivity index (χ0v) is 12.0. The van der Waals surface area contributed by atoms with E-state index in [4.69, 9.17) is 23.2 Å². The predicted octanol–water partition coefficient (Wildman–Crippen LogP) is 5.30. The van der Waals surface area contributed by atoms with E-state index in [1.165, 1.54) is 10.9 Å². The van der Waals surface area contributed by atoms with E-state index in [-0.39, 0.29) is 0 Å². The molecule has 0 aliphatic heterocycles. The second-order valence-corrected chi connectivity index (χ2v) is 5.59. The van der Waals surface area contributed by atoms with Crippen molar-refractivity contribution in [2.75, 3.05) is 0 Å². The highest BCUT2D eigenvalue weighted by molar-refractivity contribution is 6.31. The fourth-order valence-corrected chi connectivity index (χ4v) is 2.72. The van der Waals surface area contributed by atoms with E-state index in [1.54, 1.807) is 0 Å². The first-order chi connectivity index (χ1) is 9.13. The molecule has 3 aromatic rings. The van der Waals surface area contributed by atoms with Gasteiger partial charge in [0, 0.05) is 28.3 Å². The monoisotopic (exact) mass is 289 g/mol. The van der Waals surface area contributed by atoms with Crippen LogP contribution in [0, 0.1) is 6.92 Å². The Morgan fingerprint density at radius 2 is 1.84 bits per heavy atom. The molecule has 0 aliphatic rings. The zero-order chi connectivity index (χ0) is 13.4. The number of nitrogens with zero attached hydrogens (tertiary/aromatic N) is 1. The lowest BCUT2D eigenvalue weighted by atomic mass is 10.1. The molecule has 19 heavy (non-hydrogen) atoms. The van der Waals surface area contributed by atoms with Crippen molar-refractivity contribution in [2.45, 2.75) is 13.5 Å². The smallest absolute Gasteiger partial charge is 0.0498 e. The van der Waals surface area contributed by atoms with Gasteiger partial charge in [-0.1, -0.05) is 41.4 Å². The largest absolute Gasteiger partial charge is 0.343 e. The molecule has 0 saturated heterocycles. The Morgan fingerprint density at radius 3 is 2.63 bits per heavy atom. The number of hydrogen-bond donors (Lipinski definition) is 0. The van der Waals surface area contributed by atoms with E-state index in [1.807, 2.05) is 31.2 Å². The fraction of sp³-hybridized carbons (Fsp3) is 0.125. The van der Waals surface area contributed by atoms with Gasteiger partial charge in [0.1, 0.15) is 0 Å². The summed E-state index contributed by atoms with van der Waals surface area (Å²) < 4.78 is 2.16. The van der Waals surface area contributed by atoms with Gasteiger partial charge in [-0.25, -0.2) is 0 Å². The number of aryl methyl sites for hydroxylation is 1. The number of fused-ring (bicyclic) bond motifs is 1. The summed E-state index contributed by atoms with van der Waals surface area (Å²) >= 11 is 12.4. The van der Waals surface area contributed by atoms with Gasteiger partial charge in [-0.2, -0.15) is 0 Å². The highest BCUT2D eigenvalue weighted by Gasteiger charge is 2.05. The van der Waals surface area contributed by atoms with Crippen LogP contribution >= 0.6 is 23.2 Å². The first kappa shape index (κ1) is 12.6. The summed E-state index contributed by atoms with van der Waals surface area (Å²) in [6.45, 7) is 2.80. The van der Waals surface area contributed by atoms with Crippen molar-refractivity contribution < 1.29 is 0 Å². The summed E-state index contributed by atoms with van der Waals surface area (Å²) in [7, 11) is 0. The summed E-state index contributed by atoms with van der Waals surface area (Å²) in [5, 5.41) is 2.75. The lowest BCUT2D eigenvalue weighted by Crippen LogP contribution is -1.98. The Bertz CT molecular complexity index is 744. The van der Waals surface area contributed by atoms with Gasteiger partial charge in [-0.15, -0.1) is 0 Å². The normalized spacial score (nSPS) is 11.1. The maximum absolute atomic E-state index is 6.29. The van der Waals surface area contributed by atoms with E-state index < -0.39 is 0 Å². The van der Waals surface area contributed by atoms with Crippen molar-refractivity contribution >= 4 is 34.1 Å². The maximum Gasteiger partial charge on any atom is 0.0498 e. The van der Waals surface area contributed by atoms with E-state index in [0.29, 0.717) is 0 Å². The molecule has 1 heterocycles. The van der Waals surface area contributed by atoms with E-state index in [9.17, 15) is 0 Å². The average molecular weight is 290 g/mol. The van der Waals surface area contributed by atoms with Crippen molar-refractivity contribution in [1.82, 2.24) is 4.57 Å². The number of benzene rings is 2. The van der Waals surface area contributed by atoms with Gasteiger partial charge >= 0.3 is 0 Å². The molecule has 0 unspecified atom stereocenters. The highest BCUT2D eigenvalue weighted by atomic mass is 35.5. The van der Waals surface area contributed by atoms with Crippen LogP contribution in [-0.2, 0) is 6.54 Å². The van der Waals surface area contributed by atoms with Gasteiger partial charge in [0.25, 0.3) is 0 Å². The van der Waals surface area contributed by atoms with Gasteiger partial charge in [-0.3, -0.25) is 0 Å². The molecule has 0 aliphatic carbocycles. The molecule has 0 fully saturated rings. The minimum absolute atomic E-state index is 0.752. The molecule has 0 radical (unpaired) electrons. The number of aromatic nitrogens is 1. The van der Waals surface area contributed by atoms with Crippen LogP contribution in [0.2, 0.25) is 10.0 Å². The number of hydrogen-bond acceptors (Lipinski definition) is 0. The lowest BCUT2D eigenvalue weighted by molar-refractivity contribution is 0.837. The summed E-state index contributed by atoms with van der Waals surface area (Å²) in [5.41, 5.74) is 3.42. The van der Waals surface area contributed by atoms with Crippen LogP contribution < -0.4 is 0 Å². The Morgan fingerprint density at radius 1 is 1.00 bits per heavy atom. The third-order valence-electron chi connectivity index (χ3n) is 3.29. The highest BCUT2D eigenvalue weighted by Crippen LogP contribution is 2.24. The minimum Gasteiger partial charge on any atom is -0.343 e. The van der Waals surface area contributed by atoms with Crippen molar-refractivity contribution in [3.63, 3.8) is 0 Å². The van der Waals surface area contributed by atoms with Gasteiger partial charge in [0.2, 0.25) is 0 Å². The van der Waals surface area contributed by atoms with Crippen molar-refractivity contribution in [3.8, 4) is 0 Å². The van der Waals surface area contributed by atoms with Gasteiger partial charge in [0.05, 0.1) is 0 Å². The van der Waals surface area contributed by atoms with Crippen LogP contribution in [-0.4, -0.2) is 4.57 Å². The first-order valence-corrected chi connectivity index (χ1v) is 6.88. The molecular weight excluding hydrogens is 277 g/mol.